The van der Waals surface area contributed by atoms with Gasteiger partial charge in [-0.15, -0.1) is 0 Å². The van der Waals surface area contributed by atoms with Gasteiger partial charge >= 0.3 is 5.97 Å². The molecular weight excluding hydrogens is 338 g/mol. The van der Waals surface area contributed by atoms with Crippen LogP contribution in [0.25, 0.3) is 0 Å². The summed E-state index contributed by atoms with van der Waals surface area (Å²) in [4.78, 5) is 26.6. The Hall–Kier alpha value is -2.62. The van der Waals surface area contributed by atoms with Crippen molar-refractivity contribution < 1.29 is 14.3 Å². The molecule has 0 aromatic heterocycles. The van der Waals surface area contributed by atoms with Crippen LogP contribution in [0.15, 0.2) is 60.7 Å². The maximum absolute atomic E-state index is 12.5. The van der Waals surface area contributed by atoms with E-state index in [1.54, 1.807) is 0 Å². The van der Waals surface area contributed by atoms with E-state index in [0.717, 1.165) is 37.1 Å². The number of likely N-dealkylation sites (tertiary alicyclic amines) is 1. The zero-order valence-corrected chi connectivity index (χ0v) is 15.8. The Morgan fingerprint density at radius 2 is 1.63 bits per heavy atom. The molecule has 1 saturated heterocycles. The van der Waals surface area contributed by atoms with Gasteiger partial charge in [0.05, 0.1) is 6.42 Å². The molecule has 0 saturated carbocycles. The van der Waals surface area contributed by atoms with Crippen molar-refractivity contribution in [1.29, 1.82) is 0 Å². The number of ether oxygens (including phenoxy) is 1. The number of carbonyl (C=O) groups is 2. The van der Waals surface area contributed by atoms with Crippen LogP contribution >= 0.6 is 0 Å². The van der Waals surface area contributed by atoms with E-state index in [2.05, 4.69) is 6.92 Å². The third kappa shape index (κ3) is 5.43. The molecule has 27 heavy (non-hydrogen) atoms. The number of hydrogen-bond donors (Lipinski definition) is 0. The molecule has 0 radical (unpaired) electrons. The average molecular weight is 365 g/mol. The minimum absolute atomic E-state index is 0.0787. The molecule has 1 atom stereocenters. The highest BCUT2D eigenvalue weighted by Gasteiger charge is 2.23. The Balaban J connectivity index is 1.60. The van der Waals surface area contributed by atoms with Crippen LogP contribution in [0.1, 0.15) is 43.2 Å². The fourth-order valence-corrected chi connectivity index (χ4v) is 3.67. The van der Waals surface area contributed by atoms with Crippen molar-refractivity contribution in [2.24, 2.45) is 5.92 Å². The van der Waals surface area contributed by atoms with Crippen LogP contribution in [0, 0.1) is 5.92 Å². The third-order valence-electron chi connectivity index (χ3n) is 5.14. The van der Waals surface area contributed by atoms with E-state index in [4.69, 9.17) is 4.74 Å². The Labute approximate surface area is 161 Å². The normalized spacial score (nSPS) is 17.0. The molecule has 1 aliphatic rings. The third-order valence-corrected chi connectivity index (χ3v) is 5.14. The predicted octanol–water partition coefficient (Wildman–Crippen LogP) is 4.01. The number of nitrogens with zero attached hydrogens (tertiary/aromatic N) is 1. The van der Waals surface area contributed by atoms with Crippen LogP contribution in [-0.2, 0) is 14.3 Å². The molecule has 2 aromatic carbocycles. The fraction of sp³-hybridized carbons (Fsp3) is 0.391. The topological polar surface area (TPSA) is 46.6 Å². The van der Waals surface area contributed by atoms with Crippen LogP contribution in [-0.4, -0.2) is 36.5 Å². The van der Waals surface area contributed by atoms with E-state index in [9.17, 15) is 9.59 Å². The van der Waals surface area contributed by atoms with Crippen LogP contribution in [0.4, 0.5) is 0 Å². The lowest BCUT2D eigenvalue weighted by Crippen LogP contribution is -2.41. The van der Waals surface area contributed by atoms with Crippen LogP contribution in [0.2, 0.25) is 0 Å². The summed E-state index contributed by atoms with van der Waals surface area (Å²) >= 11 is 0. The van der Waals surface area contributed by atoms with Gasteiger partial charge in [0.1, 0.15) is 0 Å². The highest BCUT2D eigenvalue weighted by molar-refractivity contribution is 5.81. The summed E-state index contributed by atoms with van der Waals surface area (Å²) in [6.45, 7) is 3.50. The van der Waals surface area contributed by atoms with E-state index in [-0.39, 0.29) is 30.8 Å². The minimum Gasteiger partial charge on any atom is -0.456 e. The number of amides is 1. The van der Waals surface area contributed by atoms with Crippen molar-refractivity contribution in [3.63, 3.8) is 0 Å². The smallest absolute Gasteiger partial charge is 0.307 e. The van der Waals surface area contributed by atoms with E-state index in [1.807, 2.05) is 65.6 Å². The summed E-state index contributed by atoms with van der Waals surface area (Å²) in [5.41, 5.74) is 2.13. The number of benzene rings is 2. The molecule has 1 fully saturated rings. The van der Waals surface area contributed by atoms with Gasteiger partial charge in [0.2, 0.25) is 0 Å². The quantitative estimate of drug-likeness (QED) is 0.727. The zero-order valence-electron chi connectivity index (χ0n) is 15.8. The van der Waals surface area contributed by atoms with Gasteiger partial charge in [-0.25, -0.2) is 0 Å². The minimum atomic E-state index is -0.342. The van der Waals surface area contributed by atoms with E-state index < -0.39 is 0 Å². The average Bonchev–Trinajstić information content (AvgIpc) is 2.71. The second-order valence-electron chi connectivity index (χ2n) is 7.33. The van der Waals surface area contributed by atoms with Gasteiger partial charge in [-0.1, -0.05) is 67.6 Å². The largest absolute Gasteiger partial charge is 0.456 e. The first-order chi connectivity index (χ1) is 13.1. The van der Waals surface area contributed by atoms with Gasteiger partial charge in [-0.3, -0.25) is 9.59 Å². The SMILES string of the molecule is CC1CCCN(C(=O)COC(=O)CC(c2ccccc2)c2ccccc2)C1. The molecule has 1 unspecified atom stereocenters. The molecule has 1 heterocycles. The highest BCUT2D eigenvalue weighted by atomic mass is 16.5. The molecule has 2 aromatic rings. The van der Waals surface area contributed by atoms with Crippen molar-refractivity contribution in [1.82, 2.24) is 4.90 Å². The summed E-state index contributed by atoms with van der Waals surface area (Å²) in [6.07, 6.45) is 2.39. The van der Waals surface area contributed by atoms with Gasteiger partial charge in [-0.05, 0) is 29.9 Å². The zero-order chi connectivity index (χ0) is 19.1. The molecule has 3 rings (SSSR count). The van der Waals surface area contributed by atoms with E-state index in [1.165, 1.54) is 0 Å². The molecule has 142 valence electrons. The standard InChI is InChI=1S/C23H27NO3/c1-18-9-8-14-24(16-18)22(25)17-27-23(26)15-21(19-10-4-2-5-11-19)20-12-6-3-7-13-20/h2-7,10-13,18,21H,8-9,14-17H2,1H3. The first-order valence-corrected chi connectivity index (χ1v) is 9.67. The van der Waals surface area contributed by atoms with Crippen molar-refractivity contribution >= 4 is 11.9 Å². The van der Waals surface area contributed by atoms with Gasteiger partial charge in [0.25, 0.3) is 5.91 Å². The molecular formula is C23H27NO3. The molecule has 4 heteroatoms. The lowest BCUT2D eigenvalue weighted by molar-refractivity contribution is -0.152. The number of rotatable bonds is 6. The Morgan fingerprint density at radius 3 is 2.19 bits per heavy atom. The Kier molecular flexibility index (Phi) is 6.64. The maximum atomic E-state index is 12.5. The van der Waals surface area contributed by atoms with Crippen molar-refractivity contribution in [3.05, 3.63) is 71.8 Å². The fourth-order valence-electron chi connectivity index (χ4n) is 3.67. The molecule has 1 aliphatic heterocycles. The molecule has 0 bridgehead atoms. The highest BCUT2D eigenvalue weighted by Crippen LogP contribution is 2.28. The van der Waals surface area contributed by atoms with Gasteiger partial charge in [-0.2, -0.15) is 0 Å². The maximum Gasteiger partial charge on any atom is 0.307 e. The van der Waals surface area contributed by atoms with E-state index in [0.29, 0.717) is 5.92 Å². The number of hydrogen-bond acceptors (Lipinski definition) is 3. The van der Waals surface area contributed by atoms with Gasteiger partial charge < -0.3 is 9.64 Å². The van der Waals surface area contributed by atoms with Crippen LogP contribution < -0.4 is 0 Å². The summed E-state index contributed by atoms with van der Waals surface area (Å²) in [6, 6.07) is 19.9. The lowest BCUT2D eigenvalue weighted by atomic mass is 9.89. The van der Waals surface area contributed by atoms with Crippen molar-refractivity contribution in [3.8, 4) is 0 Å². The van der Waals surface area contributed by atoms with Crippen LogP contribution in [0.3, 0.4) is 0 Å². The summed E-state index contributed by atoms with van der Waals surface area (Å²) in [5.74, 6) is 0.000871. The predicted molar refractivity (Wildman–Crippen MR) is 105 cm³/mol. The van der Waals surface area contributed by atoms with Crippen molar-refractivity contribution in [2.75, 3.05) is 19.7 Å². The number of carbonyl (C=O) groups excluding carboxylic acids is 2. The van der Waals surface area contributed by atoms with Gasteiger partial charge in [0, 0.05) is 19.0 Å². The summed E-state index contributed by atoms with van der Waals surface area (Å²) in [7, 11) is 0. The van der Waals surface area contributed by atoms with Gasteiger partial charge in [0.15, 0.2) is 6.61 Å². The molecule has 0 spiro atoms. The van der Waals surface area contributed by atoms with E-state index >= 15 is 0 Å². The number of piperidine rings is 1. The molecule has 1 amide bonds. The number of esters is 1. The monoisotopic (exact) mass is 365 g/mol. The molecule has 0 N–H and O–H groups in total. The molecule has 4 nitrogen and oxygen atoms in total. The molecule has 0 aliphatic carbocycles. The first-order valence-electron chi connectivity index (χ1n) is 9.67. The summed E-state index contributed by atoms with van der Waals surface area (Å²) < 4.78 is 5.34. The Morgan fingerprint density at radius 1 is 1.04 bits per heavy atom. The second kappa shape index (κ2) is 9.36. The first kappa shape index (κ1) is 19.2. The second-order valence-corrected chi connectivity index (χ2v) is 7.33. The Bertz CT molecular complexity index is 705. The summed E-state index contributed by atoms with van der Waals surface area (Å²) in [5, 5.41) is 0. The lowest BCUT2D eigenvalue weighted by Gasteiger charge is -2.30. The van der Waals surface area contributed by atoms with Crippen molar-refractivity contribution in [2.45, 2.75) is 32.1 Å². The van der Waals surface area contributed by atoms with Crippen LogP contribution in [0.5, 0.6) is 0 Å².